The Morgan fingerprint density at radius 1 is 1.62 bits per heavy atom. The second kappa shape index (κ2) is 4.96. The van der Waals surface area contributed by atoms with E-state index < -0.39 is 5.97 Å². The number of hydrogen-bond donors (Lipinski definition) is 0. The maximum Gasteiger partial charge on any atom is 0.345 e. The Morgan fingerprint density at radius 3 is 2.75 bits per heavy atom. The molecule has 0 aromatic rings. The fourth-order valence-corrected chi connectivity index (χ4v) is 1.52. The molecule has 88 valence electrons. The number of carbonyl (C=O) groups excluding carboxylic acids is 2. The van der Waals surface area contributed by atoms with Crippen LogP contribution in [0.25, 0.3) is 0 Å². The largest absolute Gasteiger partial charge is 0.489 e. The summed E-state index contributed by atoms with van der Waals surface area (Å²) in [5.41, 5.74) is 0.551. The molecule has 4 heteroatoms. The van der Waals surface area contributed by atoms with Crippen molar-refractivity contribution in [2.45, 2.75) is 33.3 Å². The van der Waals surface area contributed by atoms with E-state index >= 15 is 0 Å². The van der Waals surface area contributed by atoms with E-state index in [0.717, 1.165) is 0 Å². The van der Waals surface area contributed by atoms with Crippen molar-refractivity contribution < 1.29 is 19.1 Å². The molecular formula is C12H16O4. The quantitative estimate of drug-likeness (QED) is 0.541. The number of esters is 1. The van der Waals surface area contributed by atoms with E-state index in [-0.39, 0.29) is 36.2 Å². The van der Waals surface area contributed by atoms with E-state index in [9.17, 15) is 9.59 Å². The molecule has 0 aromatic heterocycles. The maximum atomic E-state index is 11.8. The first-order valence-electron chi connectivity index (χ1n) is 5.24. The molecule has 1 aliphatic heterocycles. The summed E-state index contributed by atoms with van der Waals surface area (Å²) in [6, 6.07) is 0. The Bertz CT molecular complexity index is 365. The maximum absolute atomic E-state index is 11.8. The summed E-state index contributed by atoms with van der Waals surface area (Å²) in [5.74, 6) is -0.602. The third kappa shape index (κ3) is 2.51. The number of Topliss-reactive ketones (excluding diaryl/α,β-unsaturated/α-hetero) is 1. The number of carbonyl (C=O) groups is 2. The molecule has 0 saturated carbocycles. The van der Waals surface area contributed by atoms with Crippen LogP contribution >= 0.6 is 0 Å². The van der Waals surface area contributed by atoms with Crippen LogP contribution in [-0.4, -0.2) is 24.5 Å². The standard InChI is InChI=1S/C12H16O4/c1-5-15-12(14)10-9(13)6-8(4)16-11(10)7(2)3/h8H,2,5-6H2,1,3-4H3. The van der Waals surface area contributed by atoms with Crippen molar-refractivity contribution in [3.05, 3.63) is 23.5 Å². The highest BCUT2D eigenvalue weighted by atomic mass is 16.5. The van der Waals surface area contributed by atoms with Crippen molar-refractivity contribution in [3.8, 4) is 0 Å². The molecule has 0 fully saturated rings. The molecule has 0 spiro atoms. The predicted octanol–water partition coefficient (Wildman–Crippen LogP) is 1.76. The summed E-state index contributed by atoms with van der Waals surface area (Å²) in [6.45, 7) is 9.09. The van der Waals surface area contributed by atoms with Crippen LogP contribution in [0.15, 0.2) is 23.5 Å². The zero-order chi connectivity index (χ0) is 12.3. The van der Waals surface area contributed by atoms with Crippen molar-refractivity contribution in [3.63, 3.8) is 0 Å². The van der Waals surface area contributed by atoms with Gasteiger partial charge in [-0.05, 0) is 26.3 Å². The molecule has 16 heavy (non-hydrogen) atoms. The fourth-order valence-electron chi connectivity index (χ4n) is 1.52. The monoisotopic (exact) mass is 224 g/mol. The highest BCUT2D eigenvalue weighted by molar-refractivity contribution is 6.18. The van der Waals surface area contributed by atoms with E-state index in [1.807, 2.05) is 0 Å². The Kier molecular flexibility index (Phi) is 3.88. The van der Waals surface area contributed by atoms with E-state index in [0.29, 0.717) is 5.57 Å². The lowest BCUT2D eigenvalue weighted by atomic mass is 9.99. The second-order valence-corrected chi connectivity index (χ2v) is 3.76. The highest BCUT2D eigenvalue weighted by Gasteiger charge is 2.32. The smallest absolute Gasteiger partial charge is 0.345 e. The summed E-state index contributed by atoms with van der Waals surface area (Å²) in [7, 11) is 0. The van der Waals surface area contributed by atoms with Gasteiger partial charge in [0.2, 0.25) is 0 Å². The Balaban J connectivity index is 3.13. The van der Waals surface area contributed by atoms with Gasteiger partial charge < -0.3 is 9.47 Å². The van der Waals surface area contributed by atoms with E-state index in [1.54, 1.807) is 20.8 Å². The fraction of sp³-hybridized carbons (Fsp3) is 0.500. The minimum absolute atomic E-state index is 0.00699. The zero-order valence-corrected chi connectivity index (χ0v) is 9.83. The first-order valence-corrected chi connectivity index (χ1v) is 5.24. The molecular weight excluding hydrogens is 208 g/mol. The van der Waals surface area contributed by atoms with E-state index in [1.165, 1.54) is 0 Å². The lowest BCUT2D eigenvalue weighted by Gasteiger charge is -2.24. The Morgan fingerprint density at radius 2 is 2.25 bits per heavy atom. The number of rotatable bonds is 3. The third-order valence-electron chi connectivity index (χ3n) is 2.16. The van der Waals surface area contributed by atoms with Crippen LogP contribution in [0, 0.1) is 0 Å². The van der Waals surface area contributed by atoms with Gasteiger partial charge in [0.05, 0.1) is 6.61 Å². The van der Waals surface area contributed by atoms with Crippen LogP contribution in [0.5, 0.6) is 0 Å². The molecule has 0 aliphatic carbocycles. The number of ketones is 1. The van der Waals surface area contributed by atoms with Gasteiger partial charge in [0.15, 0.2) is 5.78 Å². The molecule has 0 radical (unpaired) electrons. The van der Waals surface area contributed by atoms with Gasteiger partial charge in [0.25, 0.3) is 0 Å². The van der Waals surface area contributed by atoms with Gasteiger partial charge in [-0.25, -0.2) is 4.79 Å². The molecule has 0 aromatic carbocycles. The SMILES string of the molecule is C=C(C)C1=C(C(=O)OCC)C(=O)CC(C)O1. The topological polar surface area (TPSA) is 52.6 Å². The molecule has 1 aliphatic rings. The second-order valence-electron chi connectivity index (χ2n) is 3.76. The minimum atomic E-state index is -0.627. The van der Waals surface area contributed by atoms with Crippen molar-refractivity contribution in [1.82, 2.24) is 0 Å². The predicted molar refractivity (Wildman–Crippen MR) is 58.6 cm³/mol. The highest BCUT2D eigenvalue weighted by Crippen LogP contribution is 2.26. The summed E-state index contributed by atoms with van der Waals surface area (Å²) in [6.07, 6.45) is -0.0253. The van der Waals surface area contributed by atoms with Crippen LogP contribution in [-0.2, 0) is 19.1 Å². The van der Waals surface area contributed by atoms with Gasteiger partial charge in [0, 0.05) is 6.42 Å². The van der Waals surface area contributed by atoms with E-state index in [4.69, 9.17) is 9.47 Å². The lowest BCUT2D eigenvalue weighted by Crippen LogP contribution is -2.29. The molecule has 4 nitrogen and oxygen atoms in total. The normalized spacial score (nSPS) is 20.4. The van der Waals surface area contributed by atoms with Gasteiger partial charge in [-0.15, -0.1) is 0 Å². The van der Waals surface area contributed by atoms with Crippen LogP contribution in [0.3, 0.4) is 0 Å². The lowest BCUT2D eigenvalue weighted by molar-refractivity contribution is -0.141. The molecule has 0 N–H and O–H groups in total. The molecule has 1 unspecified atom stereocenters. The summed E-state index contributed by atoms with van der Waals surface area (Å²) < 4.78 is 10.3. The van der Waals surface area contributed by atoms with Gasteiger partial charge in [-0.1, -0.05) is 6.58 Å². The van der Waals surface area contributed by atoms with Crippen LogP contribution in [0.4, 0.5) is 0 Å². The van der Waals surface area contributed by atoms with Gasteiger partial charge >= 0.3 is 5.97 Å². The molecule has 0 saturated heterocycles. The van der Waals surface area contributed by atoms with Gasteiger partial charge in [-0.3, -0.25) is 4.79 Å². The van der Waals surface area contributed by atoms with Crippen LogP contribution in [0.2, 0.25) is 0 Å². The van der Waals surface area contributed by atoms with Crippen molar-refractivity contribution in [2.24, 2.45) is 0 Å². The number of ether oxygens (including phenoxy) is 2. The molecule has 1 atom stereocenters. The molecule has 1 rings (SSSR count). The molecule has 1 heterocycles. The Labute approximate surface area is 94.9 Å². The van der Waals surface area contributed by atoms with Crippen molar-refractivity contribution >= 4 is 11.8 Å². The van der Waals surface area contributed by atoms with E-state index in [2.05, 4.69) is 6.58 Å². The molecule has 0 bridgehead atoms. The summed E-state index contributed by atoms with van der Waals surface area (Å²) in [5, 5.41) is 0. The summed E-state index contributed by atoms with van der Waals surface area (Å²) >= 11 is 0. The first-order chi connectivity index (χ1) is 7.47. The number of allylic oxidation sites excluding steroid dienone is 1. The minimum Gasteiger partial charge on any atom is -0.489 e. The third-order valence-corrected chi connectivity index (χ3v) is 2.16. The average Bonchev–Trinajstić information content (AvgIpc) is 2.16. The first kappa shape index (κ1) is 12.5. The van der Waals surface area contributed by atoms with Crippen molar-refractivity contribution in [2.75, 3.05) is 6.61 Å². The summed E-state index contributed by atoms with van der Waals surface area (Å²) in [4.78, 5) is 23.4. The zero-order valence-electron chi connectivity index (χ0n) is 9.83. The average molecular weight is 224 g/mol. The molecule has 0 amide bonds. The van der Waals surface area contributed by atoms with Crippen LogP contribution < -0.4 is 0 Å². The number of hydrogen-bond acceptors (Lipinski definition) is 4. The Hall–Kier alpha value is -1.58. The van der Waals surface area contributed by atoms with Crippen LogP contribution in [0.1, 0.15) is 27.2 Å². The van der Waals surface area contributed by atoms with Crippen molar-refractivity contribution in [1.29, 1.82) is 0 Å². The van der Waals surface area contributed by atoms with Gasteiger partial charge in [0.1, 0.15) is 17.4 Å². The van der Waals surface area contributed by atoms with Gasteiger partial charge in [-0.2, -0.15) is 0 Å².